The first kappa shape index (κ1) is 21.1. The molecule has 5 rings (SSSR count). The molecule has 2 aromatic heterocycles. The summed E-state index contributed by atoms with van der Waals surface area (Å²) >= 11 is 0. The van der Waals surface area contributed by atoms with E-state index in [2.05, 4.69) is 15.2 Å². The third-order valence-electron chi connectivity index (χ3n) is 6.28. The van der Waals surface area contributed by atoms with Gasteiger partial charge in [-0.2, -0.15) is 5.10 Å². The third kappa shape index (κ3) is 4.04. The molecule has 168 valence electrons. The number of carbonyl (C=O) groups is 1. The summed E-state index contributed by atoms with van der Waals surface area (Å²) in [6, 6.07) is 14.5. The second kappa shape index (κ2) is 8.61. The van der Waals surface area contributed by atoms with Crippen molar-refractivity contribution < 1.29 is 9.18 Å². The van der Waals surface area contributed by atoms with E-state index in [1.54, 1.807) is 18.3 Å². The third-order valence-corrected chi connectivity index (χ3v) is 6.28. The Labute approximate surface area is 189 Å². The summed E-state index contributed by atoms with van der Waals surface area (Å²) < 4.78 is 16.5. The van der Waals surface area contributed by atoms with Gasteiger partial charge < -0.3 is 4.90 Å². The maximum atomic E-state index is 15.2. The molecule has 0 spiro atoms. The second-order valence-corrected chi connectivity index (χ2v) is 8.41. The average Bonchev–Trinajstić information content (AvgIpc) is 3.45. The van der Waals surface area contributed by atoms with Crippen molar-refractivity contribution in [1.29, 1.82) is 0 Å². The molecular formula is C25H24FN5O2. The standard InChI is InChI=1S/C25H24FN5O2/c1-2-24(32)30-11-9-16(15-30)12-23-28-29-25(33)31(23)22-8-7-18(13-20(22)26)19-6-5-17-4-3-10-27-21(17)14-19/h3-8,10,13-14,16H,2,9,11-12,15H2,1H3,(H,29,33)/t16-/m0/s1. The van der Waals surface area contributed by atoms with Crippen molar-refractivity contribution in [3.63, 3.8) is 0 Å². The van der Waals surface area contributed by atoms with Crippen LogP contribution in [-0.4, -0.2) is 43.6 Å². The minimum absolute atomic E-state index is 0.127. The predicted molar refractivity (Wildman–Crippen MR) is 124 cm³/mol. The second-order valence-electron chi connectivity index (χ2n) is 8.41. The highest BCUT2D eigenvalue weighted by Crippen LogP contribution is 2.27. The lowest BCUT2D eigenvalue weighted by Crippen LogP contribution is -2.28. The van der Waals surface area contributed by atoms with Gasteiger partial charge in [0.2, 0.25) is 5.91 Å². The highest BCUT2D eigenvalue weighted by atomic mass is 19.1. The summed E-state index contributed by atoms with van der Waals surface area (Å²) in [6.07, 6.45) is 3.53. The lowest BCUT2D eigenvalue weighted by molar-refractivity contribution is -0.129. The molecule has 1 amide bonds. The highest BCUT2D eigenvalue weighted by molar-refractivity contribution is 5.84. The van der Waals surface area contributed by atoms with Crippen molar-refractivity contribution in [3.8, 4) is 16.8 Å². The van der Waals surface area contributed by atoms with Gasteiger partial charge in [0.15, 0.2) is 0 Å². The first-order chi connectivity index (χ1) is 16.0. The van der Waals surface area contributed by atoms with E-state index in [0.717, 1.165) is 22.9 Å². The number of amides is 1. The van der Waals surface area contributed by atoms with E-state index in [1.165, 1.54) is 10.6 Å². The Bertz CT molecular complexity index is 1390. The molecule has 7 nitrogen and oxygen atoms in total. The van der Waals surface area contributed by atoms with Gasteiger partial charge in [0.25, 0.3) is 0 Å². The van der Waals surface area contributed by atoms with Crippen LogP contribution in [0.1, 0.15) is 25.6 Å². The highest BCUT2D eigenvalue weighted by Gasteiger charge is 2.27. The molecule has 4 aromatic rings. The van der Waals surface area contributed by atoms with Gasteiger partial charge in [0.05, 0.1) is 11.2 Å². The quantitative estimate of drug-likeness (QED) is 0.508. The lowest BCUT2D eigenvalue weighted by Gasteiger charge is -2.15. The Morgan fingerprint density at radius 3 is 2.82 bits per heavy atom. The van der Waals surface area contributed by atoms with Crippen LogP contribution in [0.25, 0.3) is 27.7 Å². The Hall–Kier alpha value is -3.81. The fourth-order valence-electron chi connectivity index (χ4n) is 4.54. The fourth-order valence-corrected chi connectivity index (χ4v) is 4.54. The van der Waals surface area contributed by atoms with E-state index in [1.807, 2.05) is 42.2 Å². The molecule has 0 aliphatic carbocycles. The van der Waals surface area contributed by atoms with Crippen LogP contribution in [0.2, 0.25) is 0 Å². The largest absolute Gasteiger partial charge is 0.348 e. The van der Waals surface area contributed by atoms with E-state index in [9.17, 15) is 9.59 Å². The number of nitrogens with zero attached hydrogens (tertiary/aromatic N) is 4. The number of hydrogen-bond donors (Lipinski definition) is 1. The van der Waals surface area contributed by atoms with Gasteiger partial charge in [0.1, 0.15) is 11.6 Å². The summed E-state index contributed by atoms with van der Waals surface area (Å²) in [5.74, 6) is 0.272. The van der Waals surface area contributed by atoms with E-state index < -0.39 is 11.5 Å². The molecule has 3 heterocycles. The summed E-state index contributed by atoms with van der Waals surface area (Å²) in [7, 11) is 0. The van der Waals surface area contributed by atoms with E-state index >= 15 is 4.39 Å². The van der Waals surface area contributed by atoms with Crippen LogP contribution in [0.15, 0.2) is 59.5 Å². The number of rotatable bonds is 5. The molecule has 33 heavy (non-hydrogen) atoms. The number of carbonyl (C=O) groups excluding carboxylic acids is 1. The van der Waals surface area contributed by atoms with Gasteiger partial charge in [0, 0.05) is 37.5 Å². The number of halogens is 1. The molecule has 2 aromatic carbocycles. The number of pyridine rings is 1. The van der Waals surface area contributed by atoms with Crippen molar-refractivity contribution in [2.45, 2.75) is 26.2 Å². The first-order valence-corrected chi connectivity index (χ1v) is 11.1. The van der Waals surface area contributed by atoms with Crippen LogP contribution in [0, 0.1) is 11.7 Å². The summed E-state index contributed by atoms with van der Waals surface area (Å²) in [6.45, 7) is 3.18. The fraction of sp³-hybridized carbons (Fsp3) is 0.280. The molecule has 1 atom stereocenters. The molecule has 1 fully saturated rings. The zero-order chi connectivity index (χ0) is 22.9. The number of aromatic amines is 1. The number of benzene rings is 2. The SMILES string of the molecule is CCC(=O)N1CC[C@@H](Cc2n[nH]c(=O)n2-c2ccc(-c3ccc4cccnc4c3)cc2F)C1. The molecule has 0 unspecified atom stereocenters. The van der Waals surface area contributed by atoms with E-state index in [-0.39, 0.29) is 17.5 Å². The van der Waals surface area contributed by atoms with E-state index in [0.29, 0.717) is 37.3 Å². The maximum Gasteiger partial charge on any atom is 0.348 e. The Balaban J connectivity index is 1.43. The zero-order valence-corrected chi connectivity index (χ0v) is 18.3. The molecule has 1 aliphatic rings. The number of hydrogen-bond acceptors (Lipinski definition) is 4. The van der Waals surface area contributed by atoms with E-state index in [4.69, 9.17) is 0 Å². The van der Waals surface area contributed by atoms with Gasteiger partial charge >= 0.3 is 5.69 Å². The molecule has 0 radical (unpaired) electrons. The molecule has 1 N–H and O–H groups in total. The Kier molecular flexibility index (Phi) is 5.50. The number of likely N-dealkylation sites (tertiary alicyclic amines) is 1. The summed E-state index contributed by atoms with van der Waals surface area (Å²) in [4.78, 5) is 30.7. The average molecular weight is 445 g/mol. The molecule has 8 heteroatoms. The number of H-pyrrole nitrogens is 1. The summed E-state index contributed by atoms with van der Waals surface area (Å²) in [5, 5.41) is 7.61. The maximum absolute atomic E-state index is 15.2. The smallest absolute Gasteiger partial charge is 0.342 e. The van der Waals surface area contributed by atoms with Crippen LogP contribution in [-0.2, 0) is 11.2 Å². The van der Waals surface area contributed by atoms with Crippen LogP contribution in [0.4, 0.5) is 4.39 Å². The zero-order valence-electron chi connectivity index (χ0n) is 18.3. The van der Waals surface area contributed by atoms with Crippen molar-refractivity contribution in [1.82, 2.24) is 24.6 Å². The normalized spacial score (nSPS) is 15.9. The van der Waals surface area contributed by atoms with Crippen molar-refractivity contribution in [2.75, 3.05) is 13.1 Å². The minimum Gasteiger partial charge on any atom is -0.342 e. The van der Waals surface area contributed by atoms with Crippen molar-refractivity contribution in [2.24, 2.45) is 5.92 Å². The van der Waals surface area contributed by atoms with Crippen molar-refractivity contribution >= 4 is 16.8 Å². The Morgan fingerprint density at radius 1 is 1.18 bits per heavy atom. The van der Waals surface area contributed by atoms with Crippen LogP contribution in [0.5, 0.6) is 0 Å². The van der Waals surface area contributed by atoms with Crippen LogP contribution >= 0.6 is 0 Å². The lowest BCUT2D eigenvalue weighted by atomic mass is 10.0. The molecule has 0 bridgehead atoms. The number of nitrogens with one attached hydrogen (secondary N) is 1. The molecule has 1 aliphatic heterocycles. The van der Waals surface area contributed by atoms with Crippen LogP contribution < -0.4 is 5.69 Å². The minimum atomic E-state index is -0.507. The topological polar surface area (TPSA) is 83.9 Å². The monoisotopic (exact) mass is 445 g/mol. The molecule has 0 saturated carbocycles. The Morgan fingerprint density at radius 2 is 2.00 bits per heavy atom. The molecular weight excluding hydrogens is 421 g/mol. The number of aromatic nitrogens is 4. The van der Waals surface area contributed by atoms with Crippen molar-refractivity contribution in [3.05, 3.63) is 76.9 Å². The number of fused-ring (bicyclic) bond motifs is 1. The predicted octanol–water partition coefficient (Wildman–Crippen LogP) is 3.72. The van der Waals surface area contributed by atoms with Gasteiger partial charge in [-0.15, -0.1) is 0 Å². The van der Waals surface area contributed by atoms with Gasteiger partial charge in [-0.3, -0.25) is 9.78 Å². The molecule has 1 saturated heterocycles. The van der Waals surface area contributed by atoms with Crippen LogP contribution in [0.3, 0.4) is 0 Å². The first-order valence-electron chi connectivity index (χ1n) is 11.1. The van der Waals surface area contributed by atoms with Gasteiger partial charge in [-0.1, -0.05) is 31.2 Å². The van der Waals surface area contributed by atoms with Gasteiger partial charge in [-0.05, 0) is 47.7 Å². The van der Waals surface area contributed by atoms with Gasteiger partial charge in [-0.25, -0.2) is 18.9 Å². The summed E-state index contributed by atoms with van der Waals surface area (Å²) in [5.41, 5.74) is 2.06.